The molecule has 3 aliphatic rings. The standard InChI is InChI=1S/C21H31N5O2/c27-20-15-22-9-13-26(20)18-6-5-12-25(16-18)21(28)17-7-8-19(23-14-17)24-10-3-1-2-4-11-24/h7-8,14,18,22H,1-6,9-13,15-16H2. The predicted octanol–water partition coefficient (Wildman–Crippen LogP) is 1.50. The Labute approximate surface area is 167 Å². The highest BCUT2D eigenvalue weighted by Gasteiger charge is 2.32. The fraction of sp³-hybridized carbons (Fsp3) is 0.667. The highest BCUT2D eigenvalue weighted by atomic mass is 16.2. The number of anilines is 1. The monoisotopic (exact) mass is 385 g/mol. The lowest BCUT2D eigenvalue weighted by Gasteiger charge is -2.41. The van der Waals surface area contributed by atoms with Crippen molar-refractivity contribution in [3.05, 3.63) is 23.9 Å². The molecule has 2 amide bonds. The van der Waals surface area contributed by atoms with Gasteiger partial charge in [0.25, 0.3) is 5.91 Å². The normalized spacial score (nSPS) is 24.2. The largest absolute Gasteiger partial charge is 0.357 e. The van der Waals surface area contributed by atoms with Gasteiger partial charge in [0.15, 0.2) is 0 Å². The van der Waals surface area contributed by atoms with Crippen molar-refractivity contribution in [3.8, 4) is 0 Å². The summed E-state index contributed by atoms with van der Waals surface area (Å²) >= 11 is 0. The van der Waals surface area contributed by atoms with Gasteiger partial charge in [-0.1, -0.05) is 12.8 Å². The molecule has 1 unspecified atom stereocenters. The van der Waals surface area contributed by atoms with Crippen LogP contribution >= 0.6 is 0 Å². The molecule has 1 aromatic heterocycles. The molecular weight excluding hydrogens is 354 g/mol. The summed E-state index contributed by atoms with van der Waals surface area (Å²) < 4.78 is 0. The first kappa shape index (κ1) is 19.2. The third-order valence-corrected chi connectivity index (χ3v) is 6.18. The number of nitrogens with one attached hydrogen (secondary N) is 1. The number of nitrogens with zero attached hydrogens (tertiary/aromatic N) is 4. The quantitative estimate of drug-likeness (QED) is 0.854. The van der Waals surface area contributed by atoms with Crippen molar-refractivity contribution in [2.75, 3.05) is 50.7 Å². The van der Waals surface area contributed by atoms with Crippen LogP contribution in [0.5, 0.6) is 0 Å². The summed E-state index contributed by atoms with van der Waals surface area (Å²) in [5, 5.41) is 3.12. The van der Waals surface area contributed by atoms with Gasteiger partial charge in [0.1, 0.15) is 5.82 Å². The molecule has 7 heteroatoms. The van der Waals surface area contributed by atoms with E-state index in [0.717, 1.165) is 51.4 Å². The van der Waals surface area contributed by atoms with E-state index in [4.69, 9.17) is 0 Å². The zero-order valence-corrected chi connectivity index (χ0v) is 16.6. The smallest absolute Gasteiger partial charge is 0.255 e. The number of likely N-dealkylation sites (tertiary alicyclic amines) is 1. The van der Waals surface area contributed by atoms with Gasteiger partial charge in [0, 0.05) is 51.5 Å². The molecule has 4 heterocycles. The van der Waals surface area contributed by atoms with E-state index in [9.17, 15) is 9.59 Å². The maximum absolute atomic E-state index is 13.0. The lowest BCUT2D eigenvalue weighted by Crippen LogP contribution is -2.57. The number of piperidine rings is 1. The predicted molar refractivity (Wildman–Crippen MR) is 108 cm³/mol. The summed E-state index contributed by atoms with van der Waals surface area (Å²) in [6.07, 6.45) is 8.64. The summed E-state index contributed by atoms with van der Waals surface area (Å²) in [7, 11) is 0. The van der Waals surface area contributed by atoms with E-state index in [1.807, 2.05) is 21.9 Å². The maximum atomic E-state index is 13.0. The Morgan fingerprint density at radius 2 is 1.86 bits per heavy atom. The van der Waals surface area contributed by atoms with Crippen molar-refractivity contribution >= 4 is 17.6 Å². The Balaban J connectivity index is 1.40. The van der Waals surface area contributed by atoms with Crippen LogP contribution in [0.1, 0.15) is 48.9 Å². The van der Waals surface area contributed by atoms with Gasteiger partial charge in [-0.25, -0.2) is 4.98 Å². The second-order valence-corrected chi connectivity index (χ2v) is 8.12. The molecule has 0 spiro atoms. The third-order valence-electron chi connectivity index (χ3n) is 6.18. The molecule has 0 aliphatic carbocycles. The van der Waals surface area contributed by atoms with Crippen LogP contribution in [0.15, 0.2) is 18.3 Å². The minimum atomic E-state index is 0.0298. The van der Waals surface area contributed by atoms with Gasteiger partial charge >= 0.3 is 0 Å². The summed E-state index contributed by atoms with van der Waals surface area (Å²) in [6, 6.07) is 4.03. The van der Waals surface area contributed by atoms with Crippen molar-refractivity contribution in [3.63, 3.8) is 0 Å². The maximum Gasteiger partial charge on any atom is 0.255 e. The summed E-state index contributed by atoms with van der Waals surface area (Å²) in [5.41, 5.74) is 0.644. The van der Waals surface area contributed by atoms with Crippen LogP contribution in [0.25, 0.3) is 0 Å². The first-order valence-electron chi connectivity index (χ1n) is 10.7. The number of aromatic nitrogens is 1. The van der Waals surface area contributed by atoms with E-state index in [2.05, 4.69) is 15.2 Å². The van der Waals surface area contributed by atoms with E-state index in [0.29, 0.717) is 18.7 Å². The molecule has 0 saturated carbocycles. The van der Waals surface area contributed by atoms with E-state index in [1.165, 1.54) is 25.7 Å². The van der Waals surface area contributed by atoms with Gasteiger partial charge in [-0.15, -0.1) is 0 Å². The average molecular weight is 386 g/mol. The molecule has 4 rings (SSSR count). The molecule has 152 valence electrons. The Bertz CT molecular complexity index is 685. The first-order valence-corrected chi connectivity index (χ1v) is 10.7. The molecule has 1 N–H and O–H groups in total. The Morgan fingerprint density at radius 1 is 1.04 bits per heavy atom. The second kappa shape index (κ2) is 8.90. The number of hydrogen-bond acceptors (Lipinski definition) is 5. The van der Waals surface area contributed by atoms with Crippen LogP contribution in [0.4, 0.5) is 5.82 Å². The molecule has 3 saturated heterocycles. The highest BCUT2D eigenvalue weighted by molar-refractivity contribution is 5.94. The zero-order valence-electron chi connectivity index (χ0n) is 16.6. The number of piperazine rings is 1. The minimum Gasteiger partial charge on any atom is -0.357 e. The van der Waals surface area contributed by atoms with Gasteiger partial charge in [0.05, 0.1) is 12.1 Å². The average Bonchev–Trinajstić information content (AvgIpc) is 3.03. The minimum absolute atomic E-state index is 0.0298. The number of carbonyl (C=O) groups excluding carboxylic acids is 2. The SMILES string of the molecule is O=C(c1ccc(N2CCCCCC2)nc1)N1CCCC(N2CCNCC2=O)C1. The van der Waals surface area contributed by atoms with Gasteiger partial charge < -0.3 is 20.0 Å². The second-order valence-electron chi connectivity index (χ2n) is 8.12. The van der Waals surface area contributed by atoms with Crippen LogP contribution in [-0.4, -0.2) is 78.5 Å². The molecule has 7 nitrogen and oxygen atoms in total. The summed E-state index contributed by atoms with van der Waals surface area (Å²) in [6.45, 7) is 5.45. The van der Waals surface area contributed by atoms with Crippen molar-refractivity contribution < 1.29 is 9.59 Å². The number of pyridine rings is 1. The van der Waals surface area contributed by atoms with Crippen LogP contribution in [-0.2, 0) is 4.79 Å². The van der Waals surface area contributed by atoms with E-state index in [-0.39, 0.29) is 17.9 Å². The fourth-order valence-electron chi connectivity index (χ4n) is 4.58. The number of hydrogen-bond donors (Lipinski definition) is 1. The fourth-order valence-corrected chi connectivity index (χ4v) is 4.58. The van der Waals surface area contributed by atoms with Gasteiger partial charge in [-0.05, 0) is 37.8 Å². The zero-order chi connectivity index (χ0) is 19.3. The van der Waals surface area contributed by atoms with Crippen LogP contribution < -0.4 is 10.2 Å². The lowest BCUT2D eigenvalue weighted by atomic mass is 10.0. The highest BCUT2D eigenvalue weighted by Crippen LogP contribution is 2.21. The van der Waals surface area contributed by atoms with Crippen LogP contribution in [0.2, 0.25) is 0 Å². The number of amides is 2. The van der Waals surface area contributed by atoms with Crippen LogP contribution in [0, 0.1) is 0 Å². The van der Waals surface area contributed by atoms with Gasteiger partial charge in [-0.2, -0.15) is 0 Å². The number of carbonyl (C=O) groups is 2. The Kier molecular flexibility index (Phi) is 6.10. The van der Waals surface area contributed by atoms with Crippen molar-refractivity contribution in [2.24, 2.45) is 0 Å². The molecule has 0 aromatic carbocycles. The summed E-state index contributed by atoms with van der Waals surface area (Å²) in [4.78, 5) is 36.0. The molecule has 28 heavy (non-hydrogen) atoms. The molecule has 0 radical (unpaired) electrons. The van der Waals surface area contributed by atoms with Crippen molar-refractivity contribution in [1.29, 1.82) is 0 Å². The molecule has 3 fully saturated rings. The molecule has 1 atom stereocenters. The first-order chi connectivity index (χ1) is 13.7. The van der Waals surface area contributed by atoms with E-state index in [1.54, 1.807) is 6.20 Å². The van der Waals surface area contributed by atoms with Crippen LogP contribution in [0.3, 0.4) is 0 Å². The summed E-state index contributed by atoms with van der Waals surface area (Å²) in [5.74, 6) is 1.15. The molecular formula is C21H31N5O2. The third kappa shape index (κ3) is 4.29. The topological polar surface area (TPSA) is 68.8 Å². The van der Waals surface area contributed by atoms with Crippen molar-refractivity contribution in [2.45, 2.75) is 44.6 Å². The Hall–Kier alpha value is -2.15. The molecule has 3 aliphatic heterocycles. The van der Waals surface area contributed by atoms with Gasteiger partial charge in [0.2, 0.25) is 5.91 Å². The van der Waals surface area contributed by atoms with Crippen molar-refractivity contribution in [1.82, 2.24) is 20.1 Å². The molecule has 0 bridgehead atoms. The Morgan fingerprint density at radius 3 is 2.57 bits per heavy atom. The lowest BCUT2D eigenvalue weighted by molar-refractivity contribution is -0.135. The van der Waals surface area contributed by atoms with E-state index >= 15 is 0 Å². The molecule has 1 aromatic rings. The number of rotatable bonds is 3. The van der Waals surface area contributed by atoms with Gasteiger partial charge in [-0.3, -0.25) is 9.59 Å². The van der Waals surface area contributed by atoms with E-state index < -0.39 is 0 Å².